The number of carbonyl (C=O) groups is 1. The van der Waals surface area contributed by atoms with E-state index in [0.29, 0.717) is 6.54 Å². The van der Waals surface area contributed by atoms with E-state index in [1.165, 1.54) is 14.0 Å². The van der Waals surface area contributed by atoms with Crippen molar-refractivity contribution < 1.29 is 47.8 Å². The van der Waals surface area contributed by atoms with E-state index >= 15 is 0 Å². The Balaban J connectivity index is 2.01. The molecule has 0 radical (unpaired) electrons. The number of benzene rings is 1. The number of nitrogen functional groups attached to an aromatic ring is 1. The fourth-order valence-electron chi connectivity index (χ4n) is 4.42. The Hall–Kier alpha value is -2.20. The summed E-state index contributed by atoms with van der Waals surface area (Å²) in [5.41, 5.74) is 5.53. The van der Waals surface area contributed by atoms with E-state index in [1.54, 1.807) is 0 Å². The number of amides is 1. The minimum absolute atomic E-state index is 0.133. The van der Waals surface area contributed by atoms with Crippen molar-refractivity contribution in [1.29, 1.82) is 0 Å². The Bertz CT molecular complexity index is 1050. The van der Waals surface area contributed by atoms with Crippen LogP contribution in [-0.4, -0.2) is 109 Å². The summed E-state index contributed by atoms with van der Waals surface area (Å²) in [6.45, 7) is 5.52. The van der Waals surface area contributed by atoms with Crippen LogP contribution in [0, 0.1) is 0 Å². The lowest BCUT2D eigenvalue weighted by Crippen LogP contribution is -2.59. The van der Waals surface area contributed by atoms with Crippen LogP contribution in [0.3, 0.4) is 0 Å². The number of likely N-dealkylation sites (tertiary alicyclic amines) is 1. The molecule has 13 nitrogen and oxygen atoms in total. The van der Waals surface area contributed by atoms with Gasteiger partial charge in [0.1, 0.15) is 18.3 Å². The number of methoxy groups -OCH3 is 1. The standard InChI is InChI=1S/C22H35N3O10S/c1-4-25-8-6-7-11(25)10-24-20(29)12-9-13(36(31,32)5-2)14(23)19(18(12)33-3)34-22-17(28)15(26)16(27)21(30)35-22/h9,11,15-17,21-22,26-28,30H,4-8,10,23H2,1-3H3,(H,24,29). The Labute approximate surface area is 209 Å². The maximum atomic E-state index is 13.2. The molecule has 0 spiro atoms. The van der Waals surface area contributed by atoms with Gasteiger partial charge in [-0.15, -0.1) is 0 Å². The molecule has 6 atom stereocenters. The molecule has 14 heteroatoms. The maximum Gasteiger partial charge on any atom is 0.255 e. The number of nitrogens with one attached hydrogen (secondary N) is 1. The van der Waals surface area contributed by atoms with Gasteiger partial charge in [0.15, 0.2) is 27.6 Å². The molecule has 6 unspecified atom stereocenters. The third kappa shape index (κ3) is 5.54. The molecule has 2 saturated heterocycles. The predicted molar refractivity (Wildman–Crippen MR) is 127 cm³/mol. The highest BCUT2D eigenvalue weighted by atomic mass is 32.2. The van der Waals surface area contributed by atoms with Gasteiger partial charge in [-0.3, -0.25) is 9.69 Å². The zero-order chi connectivity index (χ0) is 26.8. The molecule has 2 aliphatic heterocycles. The van der Waals surface area contributed by atoms with Gasteiger partial charge in [0.25, 0.3) is 5.91 Å². The summed E-state index contributed by atoms with van der Waals surface area (Å²) in [7, 11) is -2.74. The number of likely N-dealkylation sites (N-methyl/N-ethyl adjacent to an activating group) is 1. The van der Waals surface area contributed by atoms with Crippen molar-refractivity contribution in [3.63, 3.8) is 0 Å². The second-order valence-corrected chi connectivity index (χ2v) is 11.0. The van der Waals surface area contributed by atoms with E-state index in [9.17, 15) is 33.6 Å². The Morgan fingerprint density at radius 2 is 1.89 bits per heavy atom. The molecular formula is C22H35N3O10S. The van der Waals surface area contributed by atoms with Crippen molar-refractivity contribution in [1.82, 2.24) is 10.2 Å². The third-order valence-corrected chi connectivity index (χ3v) is 8.35. The van der Waals surface area contributed by atoms with E-state index in [2.05, 4.69) is 10.2 Å². The third-order valence-electron chi connectivity index (χ3n) is 6.58. The molecule has 0 bridgehead atoms. The van der Waals surface area contributed by atoms with Crippen LogP contribution in [0.15, 0.2) is 11.0 Å². The molecule has 3 rings (SSSR count). The van der Waals surface area contributed by atoms with Crippen LogP contribution in [0.25, 0.3) is 0 Å². The zero-order valence-corrected chi connectivity index (χ0v) is 21.3. The lowest BCUT2D eigenvalue weighted by Gasteiger charge is -2.38. The van der Waals surface area contributed by atoms with Gasteiger partial charge in [-0.2, -0.15) is 0 Å². The number of aliphatic hydroxyl groups excluding tert-OH is 4. The fraction of sp³-hybridized carbons (Fsp3) is 0.682. The van der Waals surface area contributed by atoms with E-state index in [1.807, 2.05) is 6.92 Å². The zero-order valence-electron chi connectivity index (χ0n) is 20.5. The van der Waals surface area contributed by atoms with Crippen molar-refractivity contribution in [3.05, 3.63) is 11.6 Å². The number of hydrogen-bond donors (Lipinski definition) is 6. The molecule has 7 N–H and O–H groups in total. The van der Waals surface area contributed by atoms with Crippen molar-refractivity contribution in [2.75, 3.05) is 38.2 Å². The summed E-state index contributed by atoms with van der Waals surface area (Å²) in [5, 5.41) is 42.7. The number of rotatable bonds is 9. The normalized spacial score (nSPS) is 29.2. The summed E-state index contributed by atoms with van der Waals surface area (Å²) in [6.07, 6.45) is -7.29. The number of nitrogens with two attached hydrogens (primary N) is 1. The molecule has 2 heterocycles. The number of ether oxygens (including phenoxy) is 3. The van der Waals surface area contributed by atoms with E-state index in [0.717, 1.165) is 32.0 Å². The van der Waals surface area contributed by atoms with Crippen LogP contribution < -0.4 is 20.5 Å². The predicted octanol–water partition coefficient (Wildman–Crippen LogP) is -1.58. The summed E-state index contributed by atoms with van der Waals surface area (Å²) in [6, 6.07) is 1.24. The molecule has 2 aliphatic rings. The molecule has 1 aromatic carbocycles. The van der Waals surface area contributed by atoms with Crippen LogP contribution in [0.1, 0.15) is 37.0 Å². The number of hydrogen-bond acceptors (Lipinski definition) is 12. The minimum Gasteiger partial charge on any atom is -0.492 e. The Kier molecular flexibility index (Phi) is 9.03. The number of carbonyl (C=O) groups excluding carboxylic acids is 1. The van der Waals surface area contributed by atoms with Crippen LogP contribution >= 0.6 is 0 Å². The molecule has 0 aromatic heterocycles. The van der Waals surface area contributed by atoms with Crippen molar-refractivity contribution >= 4 is 21.4 Å². The van der Waals surface area contributed by atoms with Crippen molar-refractivity contribution in [2.24, 2.45) is 0 Å². The lowest BCUT2D eigenvalue weighted by atomic mass is 10.0. The first-order valence-electron chi connectivity index (χ1n) is 11.8. The van der Waals surface area contributed by atoms with Gasteiger partial charge in [-0.05, 0) is 32.0 Å². The largest absolute Gasteiger partial charge is 0.492 e. The van der Waals surface area contributed by atoms with Gasteiger partial charge in [-0.25, -0.2) is 8.42 Å². The number of nitrogens with zero attached hydrogens (tertiary/aromatic N) is 1. The SMILES string of the molecule is CCN1CCCC1CNC(=O)c1cc(S(=O)(=O)CC)c(N)c(OC2OC(O)C(O)C(O)C2O)c1OC. The Morgan fingerprint density at radius 3 is 2.50 bits per heavy atom. The second-order valence-electron chi connectivity index (χ2n) is 8.72. The molecule has 0 saturated carbocycles. The van der Waals surface area contributed by atoms with Gasteiger partial charge >= 0.3 is 0 Å². The molecule has 36 heavy (non-hydrogen) atoms. The monoisotopic (exact) mass is 533 g/mol. The highest BCUT2D eigenvalue weighted by Gasteiger charge is 2.45. The van der Waals surface area contributed by atoms with Crippen LogP contribution in [0.2, 0.25) is 0 Å². The Morgan fingerprint density at radius 1 is 1.19 bits per heavy atom. The second kappa shape index (κ2) is 11.5. The first-order chi connectivity index (χ1) is 17.0. The fourth-order valence-corrected chi connectivity index (χ4v) is 5.46. The molecule has 0 aliphatic carbocycles. The molecular weight excluding hydrogens is 498 g/mol. The summed E-state index contributed by atoms with van der Waals surface area (Å²) >= 11 is 0. The summed E-state index contributed by atoms with van der Waals surface area (Å²) < 4.78 is 41.6. The summed E-state index contributed by atoms with van der Waals surface area (Å²) in [5.74, 6) is -1.63. The van der Waals surface area contributed by atoms with Crippen LogP contribution in [0.5, 0.6) is 11.5 Å². The van der Waals surface area contributed by atoms with Gasteiger partial charge in [-0.1, -0.05) is 13.8 Å². The topological polar surface area (TPSA) is 201 Å². The smallest absolute Gasteiger partial charge is 0.255 e. The number of aliphatic hydroxyl groups is 4. The molecule has 1 amide bonds. The van der Waals surface area contributed by atoms with E-state index in [-0.39, 0.29) is 23.1 Å². The van der Waals surface area contributed by atoms with Crippen LogP contribution in [-0.2, 0) is 14.6 Å². The maximum absolute atomic E-state index is 13.2. The number of sulfone groups is 1. The number of anilines is 1. The first-order valence-corrected chi connectivity index (χ1v) is 13.4. The van der Waals surface area contributed by atoms with Gasteiger partial charge in [0, 0.05) is 12.6 Å². The average molecular weight is 534 g/mol. The van der Waals surface area contributed by atoms with Gasteiger partial charge < -0.3 is 45.7 Å². The van der Waals surface area contributed by atoms with Crippen molar-refractivity contribution in [2.45, 2.75) is 68.5 Å². The minimum atomic E-state index is -3.95. The first kappa shape index (κ1) is 28.4. The highest BCUT2D eigenvalue weighted by molar-refractivity contribution is 7.91. The molecule has 204 valence electrons. The van der Waals surface area contributed by atoms with Gasteiger partial charge in [0.2, 0.25) is 6.29 Å². The van der Waals surface area contributed by atoms with Gasteiger partial charge in [0.05, 0.1) is 29.0 Å². The quantitative estimate of drug-likeness (QED) is 0.199. The van der Waals surface area contributed by atoms with E-state index in [4.69, 9.17) is 19.9 Å². The summed E-state index contributed by atoms with van der Waals surface area (Å²) in [4.78, 5) is 15.1. The molecule has 1 aromatic rings. The van der Waals surface area contributed by atoms with Crippen molar-refractivity contribution in [3.8, 4) is 11.5 Å². The average Bonchev–Trinajstić information content (AvgIpc) is 3.32. The molecule has 2 fully saturated rings. The van der Waals surface area contributed by atoms with E-state index < -0.39 is 63.0 Å². The highest BCUT2D eigenvalue weighted by Crippen LogP contribution is 2.43. The van der Waals surface area contributed by atoms with Crippen LogP contribution in [0.4, 0.5) is 5.69 Å². The lowest BCUT2D eigenvalue weighted by molar-refractivity contribution is -0.321.